The highest BCUT2D eigenvalue weighted by Crippen LogP contribution is 2.33. The van der Waals surface area contributed by atoms with E-state index in [0.717, 1.165) is 43.6 Å². The minimum Gasteiger partial charge on any atom is -0.410 e. The molecule has 5 aromatic rings. The van der Waals surface area contributed by atoms with Gasteiger partial charge in [0.1, 0.15) is 5.75 Å². The third-order valence-corrected chi connectivity index (χ3v) is 11.7. The number of aromatic nitrogens is 1. The fourth-order valence-corrected chi connectivity index (χ4v) is 8.06. The number of nitro benzene ring substituents is 1. The summed E-state index contributed by atoms with van der Waals surface area (Å²) < 4.78 is 5.40. The van der Waals surface area contributed by atoms with Crippen LogP contribution >= 0.6 is 0 Å². The lowest BCUT2D eigenvalue weighted by Crippen LogP contribution is -2.51. The molecule has 1 atom stereocenters. The molecule has 4 aromatic carbocycles. The molecule has 2 heterocycles. The maximum atomic E-state index is 13.9. The van der Waals surface area contributed by atoms with E-state index in [1.807, 2.05) is 30.3 Å². The van der Waals surface area contributed by atoms with Crippen LogP contribution in [0.5, 0.6) is 5.75 Å². The van der Waals surface area contributed by atoms with Crippen LogP contribution in [0.15, 0.2) is 109 Å². The van der Waals surface area contributed by atoms with Gasteiger partial charge in [0.05, 0.1) is 22.3 Å². The largest absolute Gasteiger partial charge is 0.415 e. The van der Waals surface area contributed by atoms with Crippen molar-refractivity contribution in [2.24, 2.45) is 0 Å². The van der Waals surface area contributed by atoms with Crippen LogP contribution in [0.4, 0.5) is 21.9 Å². The van der Waals surface area contributed by atoms with Crippen molar-refractivity contribution < 1.29 is 28.8 Å². The highest BCUT2D eigenvalue weighted by molar-refractivity contribution is 6.08. The summed E-state index contributed by atoms with van der Waals surface area (Å²) in [5, 5.41) is 17.2. The second kappa shape index (κ2) is 20.2. The zero-order chi connectivity index (χ0) is 44.5. The van der Waals surface area contributed by atoms with Gasteiger partial charge in [0.15, 0.2) is 0 Å². The van der Waals surface area contributed by atoms with E-state index in [2.05, 4.69) is 51.4 Å². The number of aryl methyl sites for hydroxylation is 1. The third-order valence-electron chi connectivity index (χ3n) is 11.7. The first-order valence-electron chi connectivity index (χ1n) is 21.4. The molecule has 7 rings (SSSR count). The van der Waals surface area contributed by atoms with Gasteiger partial charge in [0.25, 0.3) is 23.4 Å². The van der Waals surface area contributed by atoms with Gasteiger partial charge in [-0.2, -0.15) is 0 Å². The van der Waals surface area contributed by atoms with E-state index in [1.54, 1.807) is 59.4 Å². The number of rotatable bonds is 14. The van der Waals surface area contributed by atoms with Crippen LogP contribution in [0.1, 0.15) is 74.9 Å². The van der Waals surface area contributed by atoms with Crippen molar-refractivity contribution >= 4 is 40.9 Å². The molecule has 0 spiro atoms. The van der Waals surface area contributed by atoms with Crippen molar-refractivity contribution in [3.8, 4) is 17.0 Å². The first-order valence-corrected chi connectivity index (χ1v) is 21.4. The van der Waals surface area contributed by atoms with Crippen molar-refractivity contribution in [1.82, 2.24) is 25.0 Å². The number of nitro groups is 1. The van der Waals surface area contributed by atoms with Crippen LogP contribution in [0.25, 0.3) is 11.3 Å². The number of hydrogen-bond acceptors (Lipinski definition) is 10. The van der Waals surface area contributed by atoms with Gasteiger partial charge in [0.2, 0.25) is 0 Å². The zero-order valence-electron chi connectivity index (χ0n) is 35.8. The van der Waals surface area contributed by atoms with Crippen molar-refractivity contribution in [2.75, 3.05) is 69.6 Å². The highest BCUT2D eigenvalue weighted by atomic mass is 16.6. The maximum absolute atomic E-state index is 13.9. The molecule has 2 N–H and O–H groups in total. The Hall–Kier alpha value is -7.13. The number of non-ortho nitro benzene ring substituents is 1. The quantitative estimate of drug-likeness (QED) is 0.0845. The van der Waals surface area contributed by atoms with Gasteiger partial charge in [-0.15, -0.1) is 0 Å². The average molecular weight is 853 g/mol. The molecule has 63 heavy (non-hydrogen) atoms. The van der Waals surface area contributed by atoms with Crippen LogP contribution < -0.4 is 20.3 Å². The maximum Gasteiger partial charge on any atom is 0.415 e. The lowest BCUT2D eigenvalue weighted by atomic mass is 9.87. The number of pyridine rings is 1. The van der Waals surface area contributed by atoms with Gasteiger partial charge >= 0.3 is 6.09 Å². The van der Waals surface area contributed by atoms with E-state index >= 15 is 0 Å². The molecule has 1 aliphatic heterocycles. The molecule has 1 unspecified atom stereocenters. The molecule has 1 fully saturated rings. The lowest BCUT2D eigenvalue weighted by molar-refractivity contribution is -0.384. The van der Waals surface area contributed by atoms with E-state index in [0.29, 0.717) is 72.9 Å². The Labute approximate surface area is 366 Å². The Balaban J connectivity index is 0.983. The van der Waals surface area contributed by atoms with E-state index in [4.69, 9.17) is 4.74 Å². The molecule has 2 aliphatic rings. The summed E-state index contributed by atoms with van der Waals surface area (Å²) in [6, 6.07) is 29.4. The molecule has 0 bridgehead atoms. The number of carbonyl (C=O) groups excluding carboxylic acids is 4. The third kappa shape index (κ3) is 10.7. The van der Waals surface area contributed by atoms with Gasteiger partial charge < -0.3 is 30.1 Å². The molecular weight excluding hydrogens is 801 g/mol. The predicted molar refractivity (Wildman–Crippen MR) is 241 cm³/mol. The SMILES string of the molecule is CCN(CC)c1ccc(NC(=O)c2cccc(C(=O)N(C)CCN3CCN(C(=O)Oc4ccc([N+](=O)[O-])cc4)CC3)c2)c(-c2cc(C(=O)NC3CCCc4ccccc43)ccn2)c1. The number of anilines is 2. The first-order chi connectivity index (χ1) is 30.5. The van der Waals surface area contributed by atoms with E-state index in [-0.39, 0.29) is 29.3 Å². The zero-order valence-corrected chi connectivity index (χ0v) is 35.8. The molecule has 15 heteroatoms. The number of fused-ring (bicyclic) bond motifs is 1. The Bertz CT molecular complexity index is 2470. The number of ether oxygens (including phenoxy) is 1. The smallest absolute Gasteiger partial charge is 0.410 e. The summed E-state index contributed by atoms with van der Waals surface area (Å²) >= 11 is 0. The summed E-state index contributed by atoms with van der Waals surface area (Å²) in [5.74, 6) is -0.611. The standard InChI is InChI=1S/C48H52N8O7/c1-4-54(5-2)38-18-21-43(41(32-38)44-31-35(22-23-49-44)46(58)50-42-15-9-11-33-10-6-7-14-40(33)42)51-45(57)34-12-8-13-36(30-34)47(59)52(3)24-25-53-26-28-55(29-27-53)48(60)63-39-19-16-37(17-20-39)56(61)62/h6-8,10,12-14,16-23,30-32,42H,4-5,9,11,15,24-29H2,1-3H3,(H,50,58)(H,51,57). The first kappa shape index (κ1) is 43.9. The topological polar surface area (TPSA) is 171 Å². The molecule has 1 aliphatic carbocycles. The Morgan fingerprint density at radius 1 is 0.841 bits per heavy atom. The van der Waals surface area contributed by atoms with Crippen LogP contribution in [0.2, 0.25) is 0 Å². The van der Waals surface area contributed by atoms with Gasteiger partial charge in [-0.3, -0.25) is 34.4 Å². The number of nitrogens with one attached hydrogen (secondary N) is 2. The van der Waals surface area contributed by atoms with Crippen LogP contribution in [-0.4, -0.2) is 108 Å². The molecule has 0 saturated carbocycles. The predicted octanol–water partition coefficient (Wildman–Crippen LogP) is 7.45. The summed E-state index contributed by atoms with van der Waals surface area (Å²) in [6.45, 7) is 8.70. The molecular formula is C48H52N8O7. The molecule has 326 valence electrons. The molecule has 1 aromatic heterocycles. The van der Waals surface area contributed by atoms with Gasteiger partial charge in [-0.1, -0.05) is 30.3 Å². The summed E-state index contributed by atoms with van der Waals surface area (Å²) in [6.07, 6.45) is 3.94. The molecule has 1 saturated heterocycles. The Kier molecular flexibility index (Phi) is 14.1. The minimum absolute atomic E-state index is 0.0805. The number of amides is 4. The number of benzene rings is 4. The van der Waals surface area contributed by atoms with Crippen LogP contribution in [-0.2, 0) is 6.42 Å². The Morgan fingerprint density at radius 3 is 2.32 bits per heavy atom. The number of hydrogen-bond donors (Lipinski definition) is 2. The summed E-state index contributed by atoms with van der Waals surface area (Å²) in [5.41, 5.74) is 6.10. The van der Waals surface area contributed by atoms with E-state index in [1.165, 1.54) is 29.8 Å². The van der Waals surface area contributed by atoms with Gasteiger partial charge in [-0.25, -0.2) is 4.79 Å². The minimum atomic E-state index is -0.528. The summed E-state index contributed by atoms with van der Waals surface area (Å²) in [4.78, 5) is 76.5. The number of piperazine rings is 1. The lowest BCUT2D eigenvalue weighted by Gasteiger charge is -2.34. The normalized spacial score (nSPS) is 14.8. The number of carbonyl (C=O) groups is 4. The van der Waals surface area contributed by atoms with Crippen LogP contribution in [0, 0.1) is 10.1 Å². The fourth-order valence-electron chi connectivity index (χ4n) is 8.06. The number of nitrogens with zero attached hydrogens (tertiary/aromatic N) is 6. The monoisotopic (exact) mass is 852 g/mol. The van der Waals surface area contributed by atoms with Gasteiger partial charge in [-0.05, 0) is 105 Å². The van der Waals surface area contributed by atoms with Crippen molar-refractivity contribution in [3.05, 3.63) is 147 Å². The average Bonchev–Trinajstić information content (AvgIpc) is 3.31. The second-order valence-electron chi connectivity index (χ2n) is 15.7. The molecule has 0 radical (unpaired) electrons. The Morgan fingerprint density at radius 2 is 1.57 bits per heavy atom. The van der Waals surface area contributed by atoms with Crippen molar-refractivity contribution in [2.45, 2.75) is 39.2 Å². The van der Waals surface area contributed by atoms with Gasteiger partial charge in [0, 0.05) is 106 Å². The highest BCUT2D eigenvalue weighted by Gasteiger charge is 2.25. The molecule has 4 amide bonds. The van der Waals surface area contributed by atoms with Crippen LogP contribution in [0.3, 0.4) is 0 Å². The second-order valence-corrected chi connectivity index (χ2v) is 15.7. The van der Waals surface area contributed by atoms with E-state index < -0.39 is 16.9 Å². The van der Waals surface area contributed by atoms with Crippen molar-refractivity contribution in [3.63, 3.8) is 0 Å². The molecule has 15 nitrogen and oxygen atoms in total. The summed E-state index contributed by atoms with van der Waals surface area (Å²) in [7, 11) is 1.71. The van der Waals surface area contributed by atoms with Crippen molar-refractivity contribution in [1.29, 1.82) is 0 Å². The fraction of sp³-hybridized carbons (Fsp3) is 0.312. The number of likely N-dealkylation sites (N-methyl/N-ethyl adjacent to an activating group) is 1. The van der Waals surface area contributed by atoms with E-state index in [9.17, 15) is 29.3 Å².